The highest BCUT2D eigenvalue weighted by atomic mass is 32.2. The Bertz CT molecular complexity index is 446. The molecule has 1 aromatic carbocycles. The predicted octanol–water partition coefficient (Wildman–Crippen LogP) is 1.74. The smallest absolute Gasteiger partial charge is 0.323 e. The molecule has 1 heterocycles. The summed E-state index contributed by atoms with van der Waals surface area (Å²) in [7, 11) is -1.47. The second kappa shape index (κ2) is 5.63. The highest BCUT2D eigenvalue weighted by Crippen LogP contribution is 2.29. The summed E-state index contributed by atoms with van der Waals surface area (Å²) in [6.07, 6.45) is 0.515. The van der Waals surface area contributed by atoms with E-state index in [4.69, 9.17) is 4.74 Å². The van der Waals surface area contributed by atoms with Crippen LogP contribution in [0.15, 0.2) is 30.3 Å². The monoisotopic (exact) mass is 268 g/mol. The largest absolute Gasteiger partial charge is 0.480 e. The first-order chi connectivity index (χ1) is 8.61. The highest BCUT2D eigenvalue weighted by molar-refractivity contribution is 7.86. The van der Waals surface area contributed by atoms with Gasteiger partial charge in [0.15, 0.2) is 5.25 Å². The van der Waals surface area contributed by atoms with Crippen LogP contribution >= 0.6 is 0 Å². The zero-order valence-corrected chi connectivity index (χ0v) is 10.9. The van der Waals surface area contributed by atoms with Crippen molar-refractivity contribution in [3.05, 3.63) is 35.9 Å². The molecule has 0 radical (unpaired) electrons. The Morgan fingerprint density at radius 3 is 2.61 bits per heavy atom. The van der Waals surface area contributed by atoms with E-state index in [1.165, 1.54) is 0 Å². The van der Waals surface area contributed by atoms with Gasteiger partial charge in [-0.05, 0) is 18.9 Å². The third kappa shape index (κ3) is 2.62. The average Bonchev–Trinajstić information content (AvgIpc) is 2.76. The van der Waals surface area contributed by atoms with E-state index in [0.29, 0.717) is 18.6 Å². The van der Waals surface area contributed by atoms with E-state index >= 15 is 0 Å². The first-order valence-electron chi connectivity index (χ1n) is 5.90. The summed E-state index contributed by atoms with van der Waals surface area (Å²) < 4.78 is 17.8. The average molecular weight is 268 g/mol. The topological polar surface area (TPSA) is 63.6 Å². The van der Waals surface area contributed by atoms with Crippen LogP contribution in [0.2, 0.25) is 0 Å². The molecule has 2 rings (SSSR count). The normalized spacial score (nSPS) is 26.7. The van der Waals surface area contributed by atoms with Gasteiger partial charge in [0.1, 0.15) is 0 Å². The van der Waals surface area contributed by atoms with Crippen LogP contribution in [0.5, 0.6) is 0 Å². The van der Waals surface area contributed by atoms with Gasteiger partial charge in [-0.25, -0.2) is 0 Å². The van der Waals surface area contributed by atoms with Crippen molar-refractivity contribution in [3.63, 3.8) is 0 Å². The molecule has 0 aromatic heterocycles. The fraction of sp³-hybridized carbons (Fsp3) is 0.462. The maximum Gasteiger partial charge on any atom is 0.323 e. The van der Waals surface area contributed by atoms with Crippen LogP contribution in [0.1, 0.15) is 24.2 Å². The van der Waals surface area contributed by atoms with Crippen molar-refractivity contribution in [2.24, 2.45) is 0 Å². The summed E-state index contributed by atoms with van der Waals surface area (Å²) in [5.74, 6) is -1.04. The Hall–Kier alpha value is -1.20. The number of hydrogen-bond donors (Lipinski definition) is 1. The summed E-state index contributed by atoms with van der Waals surface area (Å²) in [6.45, 7) is 2.40. The minimum Gasteiger partial charge on any atom is -0.480 e. The number of hydrogen-bond acceptors (Lipinski definition) is 3. The van der Waals surface area contributed by atoms with Crippen LogP contribution < -0.4 is 0 Å². The van der Waals surface area contributed by atoms with Crippen LogP contribution in [-0.2, 0) is 20.3 Å². The molecule has 4 nitrogen and oxygen atoms in total. The van der Waals surface area contributed by atoms with Crippen LogP contribution in [0.25, 0.3) is 0 Å². The molecule has 4 atom stereocenters. The molecule has 1 aliphatic rings. The van der Waals surface area contributed by atoms with Gasteiger partial charge >= 0.3 is 5.97 Å². The maximum atomic E-state index is 12.4. The van der Waals surface area contributed by atoms with Gasteiger partial charge in [-0.2, -0.15) is 0 Å². The van der Waals surface area contributed by atoms with Gasteiger partial charge in [0.05, 0.1) is 11.4 Å². The molecule has 5 heteroatoms. The molecule has 1 fully saturated rings. The lowest BCUT2D eigenvalue weighted by Gasteiger charge is -2.19. The maximum absolute atomic E-state index is 12.4. The second-order valence-electron chi connectivity index (χ2n) is 4.36. The molecule has 0 saturated carbocycles. The molecular weight excluding hydrogens is 252 g/mol. The van der Waals surface area contributed by atoms with Crippen molar-refractivity contribution in [3.8, 4) is 0 Å². The zero-order chi connectivity index (χ0) is 13.1. The van der Waals surface area contributed by atoms with Crippen LogP contribution in [0.3, 0.4) is 0 Å². The molecule has 1 aromatic rings. The van der Waals surface area contributed by atoms with Crippen molar-refractivity contribution in [2.45, 2.75) is 29.9 Å². The fourth-order valence-corrected chi connectivity index (χ4v) is 3.95. The minimum atomic E-state index is -1.47. The number of carbonyl (C=O) groups is 1. The van der Waals surface area contributed by atoms with Gasteiger partial charge in [-0.1, -0.05) is 30.3 Å². The van der Waals surface area contributed by atoms with E-state index in [1.807, 2.05) is 13.0 Å². The third-order valence-corrected chi connectivity index (χ3v) is 5.32. The molecule has 98 valence electrons. The second-order valence-corrected chi connectivity index (χ2v) is 6.09. The quantitative estimate of drug-likeness (QED) is 0.903. The Morgan fingerprint density at radius 2 is 2.11 bits per heavy atom. The third-order valence-electron chi connectivity index (χ3n) is 3.16. The number of benzene rings is 1. The van der Waals surface area contributed by atoms with Crippen molar-refractivity contribution in [2.75, 3.05) is 6.61 Å². The highest BCUT2D eigenvalue weighted by Gasteiger charge is 2.37. The molecular formula is C13H16O4S. The van der Waals surface area contributed by atoms with Crippen molar-refractivity contribution >= 4 is 16.8 Å². The van der Waals surface area contributed by atoms with Gasteiger partial charge < -0.3 is 9.84 Å². The SMILES string of the molecule is CC1OCCC1S(=O)C(C(=O)O)c1ccccc1. The standard InChI is InChI=1S/C13H16O4S/c1-9-11(7-8-17-9)18(16)12(13(14)15)10-5-3-2-4-6-10/h2-6,9,11-12H,7-8H2,1H3,(H,14,15). The van der Waals surface area contributed by atoms with Gasteiger partial charge in [0, 0.05) is 17.4 Å². The lowest BCUT2D eigenvalue weighted by Crippen LogP contribution is -2.30. The van der Waals surface area contributed by atoms with E-state index in [0.717, 1.165) is 0 Å². The number of carboxylic acids is 1. The van der Waals surface area contributed by atoms with Gasteiger partial charge in [-0.3, -0.25) is 9.00 Å². The Kier molecular flexibility index (Phi) is 4.14. The van der Waals surface area contributed by atoms with Gasteiger partial charge in [0.25, 0.3) is 0 Å². The van der Waals surface area contributed by atoms with E-state index in [9.17, 15) is 14.1 Å². The number of ether oxygens (including phenoxy) is 1. The first kappa shape index (κ1) is 13.2. The summed E-state index contributed by atoms with van der Waals surface area (Å²) in [5, 5.41) is 8.14. The molecule has 0 aliphatic carbocycles. The predicted molar refractivity (Wildman–Crippen MR) is 68.8 cm³/mol. The molecule has 0 spiro atoms. The molecule has 0 amide bonds. The van der Waals surface area contributed by atoms with Crippen molar-refractivity contribution in [1.29, 1.82) is 0 Å². The van der Waals surface area contributed by atoms with E-state index in [2.05, 4.69) is 0 Å². The van der Waals surface area contributed by atoms with Crippen molar-refractivity contribution in [1.82, 2.24) is 0 Å². The molecule has 1 aliphatic heterocycles. The van der Waals surface area contributed by atoms with E-state index in [-0.39, 0.29) is 11.4 Å². The molecule has 1 N–H and O–H groups in total. The van der Waals surface area contributed by atoms with Crippen LogP contribution in [0.4, 0.5) is 0 Å². The number of aliphatic carboxylic acids is 1. The molecule has 18 heavy (non-hydrogen) atoms. The van der Waals surface area contributed by atoms with Crippen molar-refractivity contribution < 1.29 is 18.8 Å². The first-order valence-corrected chi connectivity index (χ1v) is 7.17. The molecule has 0 bridgehead atoms. The molecule has 1 saturated heterocycles. The Morgan fingerprint density at radius 1 is 1.44 bits per heavy atom. The Labute approximate surface area is 108 Å². The zero-order valence-electron chi connectivity index (χ0n) is 10.1. The summed E-state index contributed by atoms with van der Waals surface area (Å²) in [4.78, 5) is 11.4. The van der Waals surface area contributed by atoms with Crippen LogP contribution in [-0.4, -0.2) is 33.2 Å². The summed E-state index contributed by atoms with van der Waals surface area (Å²) in [5.41, 5.74) is 0.586. The number of rotatable bonds is 4. The molecule has 4 unspecified atom stereocenters. The van der Waals surface area contributed by atoms with Gasteiger partial charge in [0.2, 0.25) is 0 Å². The fourth-order valence-electron chi connectivity index (χ4n) is 2.20. The van der Waals surface area contributed by atoms with E-state index < -0.39 is 22.0 Å². The minimum absolute atomic E-state index is 0.142. The lowest BCUT2D eigenvalue weighted by molar-refractivity contribution is -0.136. The van der Waals surface area contributed by atoms with Crippen LogP contribution in [0, 0.1) is 0 Å². The van der Waals surface area contributed by atoms with Gasteiger partial charge in [-0.15, -0.1) is 0 Å². The van der Waals surface area contributed by atoms with E-state index in [1.54, 1.807) is 24.3 Å². The summed E-state index contributed by atoms with van der Waals surface area (Å²) >= 11 is 0. The summed E-state index contributed by atoms with van der Waals surface area (Å²) in [6, 6.07) is 8.75. The lowest BCUT2D eigenvalue weighted by atomic mass is 10.1. The number of carboxylic acid groups (broad SMARTS) is 1. The Balaban J connectivity index is 2.26.